The van der Waals surface area contributed by atoms with Crippen LogP contribution in [0.1, 0.15) is 48.9 Å². The van der Waals surface area contributed by atoms with Gasteiger partial charge in [0.1, 0.15) is 0 Å². The van der Waals surface area contributed by atoms with E-state index in [-0.39, 0.29) is 17.5 Å². The summed E-state index contributed by atoms with van der Waals surface area (Å²) in [5.41, 5.74) is -0.381. The molecule has 1 aliphatic rings. The van der Waals surface area contributed by atoms with E-state index in [4.69, 9.17) is 0 Å². The third kappa shape index (κ3) is 3.00. The Bertz CT molecular complexity index is 449. The summed E-state index contributed by atoms with van der Waals surface area (Å²) in [7, 11) is 1.92. The smallest absolute Gasteiger partial charge is 0.242 e. The fourth-order valence-electron chi connectivity index (χ4n) is 2.67. The lowest BCUT2D eigenvalue weighted by atomic mass is 9.89. The van der Waals surface area contributed by atoms with Crippen molar-refractivity contribution < 1.29 is 4.79 Å². The normalized spacial score (nSPS) is 25.1. The van der Waals surface area contributed by atoms with Gasteiger partial charge in [-0.2, -0.15) is 0 Å². The maximum absolute atomic E-state index is 12.7. The van der Waals surface area contributed by atoms with Crippen LogP contribution in [0.3, 0.4) is 0 Å². The number of carbonyl (C=O) groups is 1. The Morgan fingerprint density at radius 3 is 2.74 bits per heavy atom. The molecule has 4 heteroatoms. The van der Waals surface area contributed by atoms with Gasteiger partial charge in [0.05, 0.1) is 11.6 Å². The zero-order chi connectivity index (χ0) is 14.0. The van der Waals surface area contributed by atoms with Crippen LogP contribution >= 0.6 is 11.3 Å². The number of piperidine rings is 1. The quantitative estimate of drug-likeness (QED) is 0.922. The first-order valence-corrected chi connectivity index (χ1v) is 7.84. The van der Waals surface area contributed by atoms with Gasteiger partial charge in [-0.15, -0.1) is 11.3 Å². The van der Waals surface area contributed by atoms with Crippen LogP contribution < -0.4 is 5.32 Å². The number of rotatable bonds is 3. The molecule has 2 atom stereocenters. The summed E-state index contributed by atoms with van der Waals surface area (Å²) in [6, 6.07) is 4.40. The van der Waals surface area contributed by atoms with Gasteiger partial charge < -0.3 is 10.2 Å². The van der Waals surface area contributed by atoms with Crippen LogP contribution in [-0.2, 0) is 4.79 Å². The Morgan fingerprint density at radius 2 is 2.21 bits per heavy atom. The predicted molar refractivity (Wildman–Crippen MR) is 80.5 cm³/mol. The molecule has 0 aliphatic carbocycles. The summed E-state index contributed by atoms with van der Waals surface area (Å²) < 4.78 is 0. The van der Waals surface area contributed by atoms with Gasteiger partial charge in [0.15, 0.2) is 0 Å². The number of likely N-dealkylation sites (N-methyl/N-ethyl adjacent to an activating group) is 1. The van der Waals surface area contributed by atoms with Gasteiger partial charge >= 0.3 is 0 Å². The van der Waals surface area contributed by atoms with Crippen LogP contribution in [0.2, 0.25) is 0 Å². The Hall–Kier alpha value is -0.870. The molecule has 0 bridgehead atoms. The topological polar surface area (TPSA) is 32.3 Å². The number of hydrogen-bond acceptors (Lipinski definition) is 3. The second-order valence-corrected chi connectivity index (χ2v) is 7.08. The highest BCUT2D eigenvalue weighted by atomic mass is 32.1. The zero-order valence-corrected chi connectivity index (χ0v) is 13.1. The lowest BCUT2D eigenvalue weighted by molar-refractivity contribution is -0.139. The Balaban J connectivity index is 2.10. The summed E-state index contributed by atoms with van der Waals surface area (Å²) >= 11 is 1.77. The summed E-state index contributed by atoms with van der Waals surface area (Å²) in [5, 5.41) is 3.40. The van der Waals surface area contributed by atoms with Crippen LogP contribution in [0.4, 0.5) is 0 Å². The van der Waals surface area contributed by atoms with Gasteiger partial charge in [0, 0.05) is 16.8 Å². The molecular formula is C15H24N2OS. The summed E-state index contributed by atoms with van der Waals surface area (Å²) in [6.45, 7) is 7.20. The molecule has 2 heterocycles. The molecule has 1 N–H and O–H groups in total. The number of aryl methyl sites for hydroxylation is 1. The first-order chi connectivity index (χ1) is 8.94. The van der Waals surface area contributed by atoms with E-state index in [1.807, 2.05) is 18.9 Å². The van der Waals surface area contributed by atoms with E-state index >= 15 is 0 Å². The van der Waals surface area contributed by atoms with Crippen molar-refractivity contribution in [2.45, 2.75) is 51.6 Å². The van der Waals surface area contributed by atoms with Crippen LogP contribution in [0.25, 0.3) is 0 Å². The molecule has 1 aromatic rings. The largest absolute Gasteiger partial charge is 0.337 e. The Kier molecular flexibility index (Phi) is 4.31. The van der Waals surface area contributed by atoms with E-state index in [0.717, 1.165) is 19.4 Å². The maximum Gasteiger partial charge on any atom is 0.242 e. The van der Waals surface area contributed by atoms with Gasteiger partial charge in [0.25, 0.3) is 0 Å². The van der Waals surface area contributed by atoms with E-state index < -0.39 is 0 Å². The van der Waals surface area contributed by atoms with E-state index in [2.05, 4.69) is 31.3 Å². The average Bonchev–Trinajstić information content (AvgIpc) is 2.83. The minimum absolute atomic E-state index is 0.145. The molecule has 19 heavy (non-hydrogen) atoms. The van der Waals surface area contributed by atoms with E-state index in [0.29, 0.717) is 0 Å². The average molecular weight is 280 g/mol. The molecule has 2 unspecified atom stereocenters. The highest BCUT2D eigenvalue weighted by molar-refractivity contribution is 7.12. The number of nitrogens with zero attached hydrogens (tertiary/aromatic N) is 1. The van der Waals surface area contributed by atoms with Crippen molar-refractivity contribution in [1.82, 2.24) is 10.2 Å². The van der Waals surface area contributed by atoms with Crippen molar-refractivity contribution in [2.75, 3.05) is 13.6 Å². The second-order valence-electron chi connectivity index (χ2n) is 5.76. The molecule has 0 aromatic carbocycles. The van der Waals surface area contributed by atoms with Crippen molar-refractivity contribution in [2.24, 2.45) is 0 Å². The summed E-state index contributed by atoms with van der Waals surface area (Å²) in [6.07, 6.45) is 3.24. The molecule has 3 nitrogen and oxygen atoms in total. The van der Waals surface area contributed by atoms with Gasteiger partial charge in [-0.25, -0.2) is 0 Å². The fraction of sp³-hybridized carbons (Fsp3) is 0.667. The lowest BCUT2D eigenvalue weighted by Gasteiger charge is -2.38. The second kappa shape index (κ2) is 5.63. The monoisotopic (exact) mass is 280 g/mol. The molecular weight excluding hydrogens is 256 g/mol. The van der Waals surface area contributed by atoms with E-state index in [9.17, 15) is 4.79 Å². The third-order valence-electron chi connectivity index (χ3n) is 4.16. The van der Waals surface area contributed by atoms with E-state index in [1.54, 1.807) is 11.3 Å². The zero-order valence-electron chi connectivity index (χ0n) is 12.3. The molecule has 106 valence electrons. The van der Waals surface area contributed by atoms with Gasteiger partial charge in [-0.3, -0.25) is 4.79 Å². The molecule has 1 aromatic heterocycles. The summed E-state index contributed by atoms with van der Waals surface area (Å²) in [4.78, 5) is 17.2. The molecule has 2 rings (SSSR count). The lowest BCUT2D eigenvalue weighted by Crippen LogP contribution is -2.57. The van der Waals surface area contributed by atoms with Crippen molar-refractivity contribution in [3.05, 3.63) is 21.9 Å². The predicted octanol–water partition coefficient (Wildman–Crippen LogP) is 3.11. The van der Waals surface area contributed by atoms with Gasteiger partial charge in [-0.05, 0) is 58.7 Å². The van der Waals surface area contributed by atoms with Crippen LogP contribution in [0.5, 0.6) is 0 Å². The SMILES string of the molecule is Cc1ccc(C(C)N(C)C(=O)C2(C)CCCCN2)s1. The highest BCUT2D eigenvalue weighted by Crippen LogP contribution is 2.29. The minimum atomic E-state index is -0.381. The molecule has 0 saturated carbocycles. The molecule has 1 aliphatic heterocycles. The van der Waals surface area contributed by atoms with Crippen LogP contribution in [-0.4, -0.2) is 29.9 Å². The molecule has 1 fully saturated rings. The van der Waals surface area contributed by atoms with E-state index in [1.165, 1.54) is 16.2 Å². The van der Waals surface area contributed by atoms with Crippen LogP contribution in [0, 0.1) is 6.92 Å². The minimum Gasteiger partial charge on any atom is -0.337 e. The number of carbonyl (C=O) groups excluding carboxylic acids is 1. The molecule has 1 amide bonds. The third-order valence-corrected chi connectivity index (χ3v) is 5.34. The fourth-order valence-corrected chi connectivity index (χ4v) is 3.65. The van der Waals surface area contributed by atoms with Crippen molar-refractivity contribution >= 4 is 17.2 Å². The molecule has 0 radical (unpaired) electrons. The summed E-state index contributed by atoms with van der Waals surface area (Å²) in [5.74, 6) is 0.214. The highest BCUT2D eigenvalue weighted by Gasteiger charge is 2.37. The van der Waals surface area contributed by atoms with Crippen molar-refractivity contribution in [1.29, 1.82) is 0 Å². The van der Waals surface area contributed by atoms with Gasteiger partial charge in [0.2, 0.25) is 5.91 Å². The number of nitrogens with one attached hydrogen (secondary N) is 1. The van der Waals surface area contributed by atoms with Crippen molar-refractivity contribution in [3.8, 4) is 0 Å². The number of hydrogen-bond donors (Lipinski definition) is 1. The van der Waals surface area contributed by atoms with Crippen LogP contribution in [0.15, 0.2) is 12.1 Å². The molecule has 1 saturated heterocycles. The standard InChI is InChI=1S/C15H24N2OS/c1-11-7-8-13(19-11)12(2)17(4)14(18)15(3)9-5-6-10-16-15/h7-8,12,16H,5-6,9-10H2,1-4H3. The van der Waals surface area contributed by atoms with Gasteiger partial charge in [-0.1, -0.05) is 0 Å². The maximum atomic E-state index is 12.7. The first kappa shape index (κ1) is 14.5. The number of amides is 1. The van der Waals surface area contributed by atoms with Crippen molar-refractivity contribution in [3.63, 3.8) is 0 Å². The Morgan fingerprint density at radius 1 is 1.47 bits per heavy atom. The molecule has 0 spiro atoms. The number of thiophene rings is 1. The Labute approximate surface area is 120 Å². The first-order valence-electron chi connectivity index (χ1n) is 7.03.